The first-order valence-corrected chi connectivity index (χ1v) is 23.5. The molecular formula is C54H84N4O3. The summed E-state index contributed by atoms with van der Waals surface area (Å²) in [5.41, 5.74) is 0. The van der Waals surface area contributed by atoms with Crippen LogP contribution in [0.2, 0.25) is 0 Å². The Kier molecular flexibility index (Phi) is 40.6. The molecule has 0 aliphatic carbocycles. The molecule has 1 saturated heterocycles. The molecule has 7 nitrogen and oxygen atoms in total. The Morgan fingerprint density at radius 2 is 0.738 bits per heavy atom. The Balaban J connectivity index is 2.21. The van der Waals surface area contributed by atoms with Crippen LogP contribution in [-0.4, -0.2) is 87.2 Å². The number of amides is 2. The highest BCUT2D eigenvalue weighted by Gasteiger charge is 2.13. The molecule has 338 valence electrons. The molecule has 2 amide bonds. The van der Waals surface area contributed by atoms with E-state index in [2.05, 4.69) is 180 Å². The van der Waals surface area contributed by atoms with Crippen molar-refractivity contribution in [2.75, 3.05) is 65.6 Å². The maximum Gasteiger partial charge on any atom is 0.220 e. The molecule has 1 aliphatic rings. The fourth-order valence-corrected chi connectivity index (χ4v) is 6.03. The maximum absolute atomic E-state index is 12.5. The molecule has 0 radical (unpaired) electrons. The molecule has 1 aliphatic heterocycles. The van der Waals surface area contributed by atoms with Gasteiger partial charge in [-0.3, -0.25) is 19.4 Å². The van der Waals surface area contributed by atoms with Crippen LogP contribution in [0, 0.1) is 0 Å². The van der Waals surface area contributed by atoms with Crippen molar-refractivity contribution in [1.29, 1.82) is 0 Å². The number of carbonyl (C=O) groups is 2. The lowest BCUT2D eigenvalue weighted by Crippen LogP contribution is -2.45. The monoisotopic (exact) mass is 837 g/mol. The number of morpholine rings is 1. The van der Waals surface area contributed by atoms with Crippen molar-refractivity contribution >= 4 is 11.8 Å². The zero-order valence-electron chi connectivity index (χ0n) is 38.4. The number of nitrogens with one attached hydrogen (secondary N) is 2. The fraction of sp³-hybridized carbons (Fsp3) is 0.519. The van der Waals surface area contributed by atoms with Crippen LogP contribution in [0.4, 0.5) is 0 Å². The molecule has 0 saturated carbocycles. The van der Waals surface area contributed by atoms with Crippen LogP contribution in [0.15, 0.2) is 146 Å². The normalized spacial score (nSPS) is 14.9. The van der Waals surface area contributed by atoms with Crippen molar-refractivity contribution in [2.24, 2.45) is 0 Å². The highest BCUT2D eigenvalue weighted by molar-refractivity contribution is 5.76. The summed E-state index contributed by atoms with van der Waals surface area (Å²) in [7, 11) is 0. The zero-order chi connectivity index (χ0) is 43.8. The summed E-state index contributed by atoms with van der Waals surface area (Å²) in [4.78, 5) is 29.8. The Bertz CT molecular complexity index is 1320. The van der Waals surface area contributed by atoms with E-state index >= 15 is 0 Å². The van der Waals surface area contributed by atoms with Gasteiger partial charge < -0.3 is 15.4 Å². The van der Waals surface area contributed by atoms with Crippen molar-refractivity contribution < 1.29 is 14.3 Å². The average molecular weight is 837 g/mol. The van der Waals surface area contributed by atoms with E-state index in [4.69, 9.17) is 4.74 Å². The molecule has 0 aromatic rings. The van der Waals surface area contributed by atoms with E-state index in [-0.39, 0.29) is 11.8 Å². The van der Waals surface area contributed by atoms with Gasteiger partial charge in [0.15, 0.2) is 0 Å². The van der Waals surface area contributed by atoms with Gasteiger partial charge in [-0.15, -0.1) is 0 Å². The lowest BCUT2D eigenvalue weighted by Gasteiger charge is -2.30. The second kappa shape index (κ2) is 45.2. The Hall–Kier alpha value is -4.30. The molecule has 61 heavy (non-hydrogen) atoms. The van der Waals surface area contributed by atoms with E-state index in [9.17, 15) is 9.59 Å². The van der Waals surface area contributed by atoms with Crippen LogP contribution in [0.1, 0.15) is 117 Å². The van der Waals surface area contributed by atoms with Gasteiger partial charge in [0.1, 0.15) is 0 Å². The van der Waals surface area contributed by atoms with Crippen molar-refractivity contribution in [2.45, 2.75) is 117 Å². The van der Waals surface area contributed by atoms with Crippen LogP contribution in [0.3, 0.4) is 0 Å². The molecule has 1 heterocycles. The van der Waals surface area contributed by atoms with E-state index in [0.29, 0.717) is 25.9 Å². The first-order chi connectivity index (χ1) is 30.2. The minimum Gasteiger partial charge on any atom is -0.379 e. The summed E-state index contributed by atoms with van der Waals surface area (Å²) in [6.07, 6.45) is 66.8. The maximum atomic E-state index is 12.5. The number of carbonyl (C=O) groups excluding carboxylic acids is 2. The van der Waals surface area contributed by atoms with Gasteiger partial charge in [0, 0.05) is 65.2 Å². The number of nitrogens with zero attached hydrogens (tertiary/aromatic N) is 2. The minimum atomic E-state index is 0.0790. The summed E-state index contributed by atoms with van der Waals surface area (Å²) < 4.78 is 5.51. The SMILES string of the molecule is CC/C=C\C/C=C\C/C=C\C/C=C\C/C=C\C/C=C\CCC(=O)NCCN(CCNC(=O)CC/C=C\C/C=C\C/C=C\C/C=C\C/C=C\C/C=C\CC)CCN1CCOCC1. The predicted molar refractivity (Wildman–Crippen MR) is 265 cm³/mol. The van der Waals surface area contributed by atoms with Crippen LogP contribution in [0.25, 0.3) is 0 Å². The molecule has 1 fully saturated rings. The number of hydrogen-bond donors (Lipinski definition) is 2. The molecule has 0 aromatic heterocycles. The summed E-state index contributed by atoms with van der Waals surface area (Å²) in [5, 5.41) is 6.19. The van der Waals surface area contributed by atoms with Gasteiger partial charge in [0.25, 0.3) is 0 Å². The van der Waals surface area contributed by atoms with E-state index in [1.807, 2.05) is 0 Å². The van der Waals surface area contributed by atoms with Crippen LogP contribution >= 0.6 is 0 Å². The quantitative estimate of drug-likeness (QED) is 0.0610. The van der Waals surface area contributed by atoms with E-state index < -0.39 is 0 Å². The lowest BCUT2D eigenvalue weighted by molar-refractivity contribution is -0.121. The Morgan fingerprint density at radius 1 is 0.443 bits per heavy atom. The van der Waals surface area contributed by atoms with Gasteiger partial charge in [-0.1, -0.05) is 160 Å². The average Bonchev–Trinajstić information content (AvgIpc) is 3.27. The summed E-state index contributed by atoms with van der Waals surface area (Å²) in [5.74, 6) is 0.158. The van der Waals surface area contributed by atoms with E-state index in [0.717, 1.165) is 142 Å². The van der Waals surface area contributed by atoms with Crippen molar-refractivity contribution in [1.82, 2.24) is 20.4 Å². The summed E-state index contributed by atoms with van der Waals surface area (Å²) in [6.45, 7) is 12.3. The van der Waals surface area contributed by atoms with Gasteiger partial charge >= 0.3 is 0 Å². The number of ether oxygens (including phenoxy) is 1. The standard InChI is InChI=1S/C54H84N4O3/c1-3-5-7-9-11-13-15-17-19-21-23-25-27-29-31-33-35-37-39-41-53(59)55-43-45-57(47-48-58-49-51-61-52-50-58)46-44-56-54(60)42-40-38-36-34-32-30-28-26-24-22-20-18-16-14-12-10-8-6-4-2/h5-8,11-14,17-20,23-26,29-32,35-38H,3-4,9-10,15-16,21-22,27-28,33-34,39-52H2,1-2H3,(H,55,59)(H,56,60)/b7-5-,8-6-,13-11-,14-12-,19-17-,20-18-,25-23-,26-24-,31-29-,32-30-,37-35-,38-36-. The third-order valence-electron chi connectivity index (χ3n) is 9.61. The molecule has 1 rings (SSSR count). The third-order valence-corrected chi connectivity index (χ3v) is 9.61. The zero-order valence-corrected chi connectivity index (χ0v) is 38.4. The van der Waals surface area contributed by atoms with Gasteiger partial charge in [0.2, 0.25) is 11.8 Å². The van der Waals surface area contributed by atoms with Crippen LogP contribution in [-0.2, 0) is 14.3 Å². The molecule has 0 atom stereocenters. The van der Waals surface area contributed by atoms with E-state index in [1.54, 1.807) is 0 Å². The number of allylic oxidation sites excluding steroid dienone is 24. The molecular weight excluding hydrogens is 753 g/mol. The molecule has 7 heteroatoms. The van der Waals surface area contributed by atoms with Crippen LogP contribution < -0.4 is 10.6 Å². The van der Waals surface area contributed by atoms with Gasteiger partial charge in [0.05, 0.1) is 13.2 Å². The smallest absolute Gasteiger partial charge is 0.220 e. The number of rotatable bonds is 37. The van der Waals surface area contributed by atoms with Crippen molar-refractivity contribution in [3.63, 3.8) is 0 Å². The van der Waals surface area contributed by atoms with Crippen molar-refractivity contribution in [3.8, 4) is 0 Å². The van der Waals surface area contributed by atoms with Gasteiger partial charge in [-0.2, -0.15) is 0 Å². The fourth-order valence-electron chi connectivity index (χ4n) is 6.03. The molecule has 2 N–H and O–H groups in total. The summed E-state index contributed by atoms with van der Waals surface area (Å²) >= 11 is 0. The van der Waals surface area contributed by atoms with E-state index in [1.165, 1.54) is 0 Å². The molecule has 0 unspecified atom stereocenters. The predicted octanol–water partition coefficient (Wildman–Crippen LogP) is 11.8. The summed E-state index contributed by atoms with van der Waals surface area (Å²) in [6, 6.07) is 0. The van der Waals surface area contributed by atoms with Crippen molar-refractivity contribution in [3.05, 3.63) is 146 Å². The lowest BCUT2D eigenvalue weighted by atomic mass is 10.2. The first kappa shape index (κ1) is 54.7. The molecule has 0 spiro atoms. The topological polar surface area (TPSA) is 73.9 Å². The van der Waals surface area contributed by atoms with Gasteiger partial charge in [-0.05, 0) is 89.9 Å². The minimum absolute atomic E-state index is 0.0790. The second-order valence-electron chi connectivity index (χ2n) is 14.9. The molecule has 0 aromatic carbocycles. The second-order valence-corrected chi connectivity index (χ2v) is 14.9. The Morgan fingerprint density at radius 3 is 1.05 bits per heavy atom. The molecule has 0 bridgehead atoms. The third kappa shape index (κ3) is 40.9. The van der Waals surface area contributed by atoms with Gasteiger partial charge in [-0.25, -0.2) is 0 Å². The van der Waals surface area contributed by atoms with Crippen LogP contribution in [0.5, 0.6) is 0 Å². The highest BCUT2D eigenvalue weighted by Crippen LogP contribution is 2.02. The first-order valence-electron chi connectivity index (χ1n) is 23.5. The number of hydrogen-bond acceptors (Lipinski definition) is 5. The largest absolute Gasteiger partial charge is 0.379 e. The highest BCUT2D eigenvalue weighted by atomic mass is 16.5. The Labute approximate surface area is 373 Å².